The number of esters is 1. The number of anilines is 2. The number of carbonyl (C=O) groups is 3. The van der Waals surface area contributed by atoms with Gasteiger partial charge in [-0.1, -0.05) is 29.0 Å². The molecule has 0 spiro atoms. The van der Waals surface area contributed by atoms with Crippen LogP contribution in [0.5, 0.6) is 0 Å². The molecule has 33 heavy (non-hydrogen) atoms. The smallest absolute Gasteiger partial charge is 0.337 e. The molecule has 1 fully saturated rings. The number of methoxy groups -OCH3 is 1. The topological polar surface area (TPSA) is 114 Å². The van der Waals surface area contributed by atoms with E-state index in [2.05, 4.69) is 25.6 Å². The minimum Gasteiger partial charge on any atom is -0.465 e. The van der Waals surface area contributed by atoms with E-state index in [1.807, 2.05) is 31.2 Å². The average Bonchev–Trinajstić information content (AvgIpc) is 3.50. The maximum Gasteiger partial charge on any atom is 0.337 e. The Hall–Kier alpha value is -3.79. The second kappa shape index (κ2) is 9.78. The summed E-state index contributed by atoms with van der Waals surface area (Å²) in [6.45, 7) is 2.55. The highest BCUT2D eigenvalue weighted by molar-refractivity contribution is 7.13. The average molecular weight is 466 g/mol. The molecule has 9 nitrogen and oxygen atoms in total. The Labute approximate surface area is 194 Å². The quantitative estimate of drug-likeness (QED) is 0.545. The van der Waals surface area contributed by atoms with Crippen LogP contribution in [0.15, 0.2) is 48.5 Å². The Balaban J connectivity index is 1.41. The van der Waals surface area contributed by atoms with Crippen molar-refractivity contribution in [2.24, 2.45) is 0 Å². The molecule has 1 aliphatic rings. The van der Waals surface area contributed by atoms with Crippen LogP contribution in [0.4, 0.5) is 16.2 Å². The van der Waals surface area contributed by atoms with E-state index < -0.39 is 5.97 Å². The van der Waals surface area contributed by atoms with Gasteiger partial charge >= 0.3 is 12.0 Å². The highest BCUT2D eigenvalue weighted by Crippen LogP contribution is 2.34. The van der Waals surface area contributed by atoms with Gasteiger partial charge in [-0.15, -0.1) is 10.2 Å². The Kier molecular flexibility index (Phi) is 6.64. The highest BCUT2D eigenvalue weighted by Gasteiger charge is 2.33. The predicted octanol–water partition coefficient (Wildman–Crippen LogP) is 4.25. The minimum atomic E-state index is -0.439. The van der Waals surface area contributed by atoms with Crippen LogP contribution in [0.25, 0.3) is 0 Å². The van der Waals surface area contributed by atoms with Crippen molar-refractivity contribution in [2.45, 2.75) is 25.8 Å². The molecule has 10 heteroatoms. The number of urea groups is 1. The summed E-state index contributed by atoms with van der Waals surface area (Å²) < 4.78 is 4.68. The maximum absolute atomic E-state index is 12.9. The van der Waals surface area contributed by atoms with Crippen LogP contribution in [0.2, 0.25) is 0 Å². The summed E-state index contributed by atoms with van der Waals surface area (Å²) in [5.41, 5.74) is 2.75. The van der Waals surface area contributed by atoms with E-state index in [1.54, 1.807) is 29.2 Å². The number of nitrogens with one attached hydrogen (secondary N) is 2. The number of nitrogens with zero attached hydrogens (tertiary/aromatic N) is 3. The molecule has 0 radical (unpaired) electrons. The molecule has 1 unspecified atom stereocenters. The van der Waals surface area contributed by atoms with Crippen LogP contribution in [-0.4, -0.2) is 46.7 Å². The maximum atomic E-state index is 12.9. The summed E-state index contributed by atoms with van der Waals surface area (Å²) in [4.78, 5) is 38.7. The third-order valence-electron chi connectivity index (χ3n) is 5.30. The minimum absolute atomic E-state index is 0.247. The lowest BCUT2D eigenvalue weighted by Crippen LogP contribution is -2.34. The number of aryl methyl sites for hydroxylation is 1. The van der Waals surface area contributed by atoms with Crippen molar-refractivity contribution in [3.05, 3.63) is 69.7 Å². The first-order valence-corrected chi connectivity index (χ1v) is 11.2. The van der Waals surface area contributed by atoms with Gasteiger partial charge in [0.1, 0.15) is 5.01 Å². The van der Waals surface area contributed by atoms with Crippen LogP contribution >= 0.6 is 11.3 Å². The van der Waals surface area contributed by atoms with Crippen molar-refractivity contribution in [2.75, 3.05) is 24.3 Å². The zero-order chi connectivity index (χ0) is 23.4. The molecular weight excluding hydrogens is 442 g/mol. The first-order chi connectivity index (χ1) is 15.9. The van der Waals surface area contributed by atoms with Crippen LogP contribution in [0.3, 0.4) is 0 Å². The zero-order valence-electron chi connectivity index (χ0n) is 18.2. The number of aromatic nitrogens is 2. The van der Waals surface area contributed by atoms with E-state index in [1.165, 1.54) is 18.4 Å². The van der Waals surface area contributed by atoms with Gasteiger partial charge in [-0.25, -0.2) is 9.59 Å². The number of likely N-dealkylation sites (tertiary alicyclic amines) is 1. The van der Waals surface area contributed by atoms with Gasteiger partial charge in [0.25, 0.3) is 5.91 Å². The Bertz CT molecular complexity index is 1160. The molecule has 4 rings (SSSR count). The number of rotatable bonds is 5. The lowest BCUT2D eigenvalue weighted by molar-refractivity contribution is 0.0600. The molecule has 1 atom stereocenters. The lowest BCUT2D eigenvalue weighted by atomic mass is 10.2. The van der Waals surface area contributed by atoms with E-state index in [4.69, 9.17) is 0 Å². The number of hydrogen-bond donors (Lipinski definition) is 2. The first-order valence-electron chi connectivity index (χ1n) is 10.4. The van der Waals surface area contributed by atoms with E-state index in [0.717, 1.165) is 18.4 Å². The summed E-state index contributed by atoms with van der Waals surface area (Å²) >= 11 is 1.19. The third-order valence-corrected chi connectivity index (χ3v) is 6.32. The molecule has 3 amide bonds. The van der Waals surface area contributed by atoms with Gasteiger partial charge in [-0.05, 0) is 56.2 Å². The lowest BCUT2D eigenvalue weighted by Gasteiger charge is -2.23. The van der Waals surface area contributed by atoms with Gasteiger partial charge in [0.2, 0.25) is 5.01 Å². The van der Waals surface area contributed by atoms with E-state index >= 15 is 0 Å². The molecule has 1 aromatic heterocycles. The summed E-state index contributed by atoms with van der Waals surface area (Å²) in [5, 5.41) is 14.8. The molecule has 1 saturated heterocycles. The standard InChI is InChI=1S/C23H23N5O4S/c1-14-5-9-16(10-6-14)24-19(29)21-27-26-20(33-21)18-4-3-13-28(18)23(31)25-17-11-7-15(8-12-17)22(30)32-2/h5-12,18H,3-4,13H2,1-2H3,(H,24,29)(H,25,31). The number of amides is 3. The molecule has 1 aliphatic heterocycles. The van der Waals surface area contributed by atoms with Crippen molar-refractivity contribution in [1.82, 2.24) is 15.1 Å². The van der Waals surface area contributed by atoms with E-state index in [9.17, 15) is 14.4 Å². The zero-order valence-corrected chi connectivity index (χ0v) is 19.0. The van der Waals surface area contributed by atoms with Gasteiger partial charge < -0.3 is 20.3 Å². The number of carbonyl (C=O) groups excluding carboxylic acids is 3. The second-order valence-corrected chi connectivity index (χ2v) is 8.63. The fourth-order valence-corrected chi connectivity index (χ4v) is 4.44. The summed E-state index contributed by atoms with van der Waals surface area (Å²) in [5.74, 6) is -0.770. The van der Waals surface area contributed by atoms with Crippen LogP contribution < -0.4 is 10.6 Å². The van der Waals surface area contributed by atoms with E-state index in [0.29, 0.717) is 28.5 Å². The fraction of sp³-hybridized carbons (Fsp3) is 0.261. The number of benzene rings is 2. The molecule has 2 heterocycles. The summed E-state index contributed by atoms with van der Waals surface area (Å²) in [6.07, 6.45) is 1.56. The predicted molar refractivity (Wildman–Crippen MR) is 125 cm³/mol. The molecule has 170 valence electrons. The highest BCUT2D eigenvalue weighted by atomic mass is 32.1. The van der Waals surface area contributed by atoms with Crippen LogP contribution in [0.1, 0.15) is 49.6 Å². The van der Waals surface area contributed by atoms with Crippen molar-refractivity contribution >= 4 is 40.6 Å². The summed E-state index contributed by atoms with van der Waals surface area (Å²) in [6, 6.07) is 13.4. The molecule has 2 N–H and O–H groups in total. The monoisotopic (exact) mass is 465 g/mol. The van der Waals surface area contributed by atoms with Gasteiger partial charge in [0.05, 0.1) is 18.7 Å². The molecular formula is C23H23N5O4S. The second-order valence-electron chi connectivity index (χ2n) is 7.62. The SMILES string of the molecule is COC(=O)c1ccc(NC(=O)N2CCCC2c2nnc(C(=O)Nc3ccc(C)cc3)s2)cc1. The van der Waals surface area contributed by atoms with Gasteiger partial charge in [-0.2, -0.15) is 0 Å². The van der Waals surface area contributed by atoms with Crippen molar-refractivity contribution in [3.63, 3.8) is 0 Å². The Morgan fingerprint density at radius 2 is 1.67 bits per heavy atom. The normalized spacial score (nSPS) is 15.2. The third kappa shape index (κ3) is 5.17. The van der Waals surface area contributed by atoms with Crippen molar-refractivity contribution < 1.29 is 19.1 Å². The van der Waals surface area contributed by atoms with Gasteiger partial charge in [0.15, 0.2) is 0 Å². The Morgan fingerprint density at radius 1 is 1.00 bits per heavy atom. The Morgan fingerprint density at radius 3 is 2.36 bits per heavy atom. The first kappa shape index (κ1) is 22.4. The fourth-order valence-electron chi connectivity index (χ4n) is 3.55. The molecule has 0 aliphatic carbocycles. The van der Waals surface area contributed by atoms with Crippen molar-refractivity contribution in [1.29, 1.82) is 0 Å². The van der Waals surface area contributed by atoms with Gasteiger partial charge in [-0.3, -0.25) is 4.79 Å². The van der Waals surface area contributed by atoms with Crippen LogP contribution in [-0.2, 0) is 4.74 Å². The summed E-state index contributed by atoms with van der Waals surface area (Å²) in [7, 11) is 1.32. The van der Waals surface area contributed by atoms with Gasteiger partial charge in [0, 0.05) is 17.9 Å². The molecule has 0 saturated carbocycles. The van der Waals surface area contributed by atoms with Crippen LogP contribution in [0, 0.1) is 6.92 Å². The number of ether oxygens (including phenoxy) is 1. The van der Waals surface area contributed by atoms with E-state index in [-0.39, 0.29) is 23.0 Å². The molecule has 2 aromatic carbocycles. The number of hydrogen-bond acceptors (Lipinski definition) is 7. The molecule has 3 aromatic rings. The molecule has 0 bridgehead atoms. The largest absolute Gasteiger partial charge is 0.465 e. The van der Waals surface area contributed by atoms with Crippen molar-refractivity contribution in [3.8, 4) is 0 Å².